The van der Waals surface area contributed by atoms with Gasteiger partial charge in [0, 0.05) is 11.6 Å². The fourth-order valence-electron chi connectivity index (χ4n) is 0.851. The highest BCUT2D eigenvalue weighted by Crippen LogP contribution is 2.29. The molecule has 0 saturated carbocycles. The van der Waals surface area contributed by atoms with E-state index in [1.807, 2.05) is 0 Å². The van der Waals surface area contributed by atoms with E-state index in [0.717, 1.165) is 4.47 Å². The van der Waals surface area contributed by atoms with Crippen molar-refractivity contribution < 1.29 is 4.74 Å². The molecule has 0 radical (unpaired) electrons. The average Bonchev–Trinajstić information content (AvgIpc) is 2.08. The summed E-state index contributed by atoms with van der Waals surface area (Å²) in [5.74, 6) is 3.16. The second-order valence-electron chi connectivity index (χ2n) is 2.22. The Morgan fingerprint density at radius 2 is 2.25 bits per heavy atom. The van der Waals surface area contributed by atoms with Crippen molar-refractivity contribution in [3.63, 3.8) is 0 Å². The zero-order valence-electron chi connectivity index (χ0n) is 6.60. The molecule has 3 heteroatoms. The lowest BCUT2D eigenvalue weighted by molar-refractivity contribution is 0.412. The SMILES string of the molecule is C#Cc1cc(Br)c(OC)cc1N. The summed E-state index contributed by atoms with van der Waals surface area (Å²) in [6, 6.07) is 3.45. The summed E-state index contributed by atoms with van der Waals surface area (Å²) in [6.45, 7) is 0. The third kappa shape index (κ3) is 1.54. The number of ether oxygens (including phenoxy) is 1. The van der Waals surface area contributed by atoms with Crippen molar-refractivity contribution >= 4 is 21.6 Å². The lowest BCUT2D eigenvalue weighted by Gasteiger charge is -2.05. The molecule has 0 aliphatic rings. The molecule has 1 rings (SSSR count). The van der Waals surface area contributed by atoms with Gasteiger partial charge < -0.3 is 10.5 Å². The van der Waals surface area contributed by atoms with Gasteiger partial charge in [-0.25, -0.2) is 0 Å². The van der Waals surface area contributed by atoms with Crippen molar-refractivity contribution in [1.82, 2.24) is 0 Å². The van der Waals surface area contributed by atoms with Crippen molar-refractivity contribution in [2.45, 2.75) is 0 Å². The molecular weight excluding hydrogens is 218 g/mol. The minimum Gasteiger partial charge on any atom is -0.495 e. The molecule has 0 spiro atoms. The first-order valence-corrected chi connectivity index (χ1v) is 4.08. The van der Waals surface area contributed by atoms with Gasteiger partial charge in [-0.2, -0.15) is 0 Å². The average molecular weight is 226 g/mol. The predicted molar refractivity (Wildman–Crippen MR) is 53.0 cm³/mol. The number of rotatable bonds is 1. The number of hydrogen-bond donors (Lipinski definition) is 1. The van der Waals surface area contributed by atoms with Gasteiger partial charge in [-0.1, -0.05) is 5.92 Å². The number of hydrogen-bond acceptors (Lipinski definition) is 2. The molecule has 0 aliphatic carbocycles. The highest BCUT2D eigenvalue weighted by Gasteiger charge is 2.03. The van der Waals surface area contributed by atoms with Gasteiger partial charge in [-0.15, -0.1) is 6.42 Å². The quantitative estimate of drug-likeness (QED) is 0.587. The van der Waals surface area contributed by atoms with E-state index in [1.165, 1.54) is 0 Å². The zero-order valence-corrected chi connectivity index (χ0v) is 8.18. The lowest BCUT2D eigenvalue weighted by Crippen LogP contribution is -1.93. The van der Waals surface area contributed by atoms with Crippen LogP contribution in [0.15, 0.2) is 16.6 Å². The maximum atomic E-state index is 5.63. The Labute approximate surface area is 79.8 Å². The van der Waals surface area contributed by atoms with Crippen LogP contribution in [-0.4, -0.2) is 7.11 Å². The van der Waals surface area contributed by atoms with Gasteiger partial charge in [0.25, 0.3) is 0 Å². The molecule has 0 atom stereocenters. The molecule has 12 heavy (non-hydrogen) atoms. The van der Waals surface area contributed by atoms with E-state index >= 15 is 0 Å². The monoisotopic (exact) mass is 225 g/mol. The molecule has 0 aliphatic heterocycles. The van der Waals surface area contributed by atoms with Crippen molar-refractivity contribution in [2.75, 3.05) is 12.8 Å². The molecule has 1 aromatic carbocycles. The third-order valence-corrected chi connectivity index (χ3v) is 2.10. The number of benzene rings is 1. The van der Waals surface area contributed by atoms with Crippen LogP contribution in [0.1, 0.15) is 5.56 Å². The molecule has 2 nitrogen and oxygen atoms in total. The van der Waals surface area contributed by atoms with Crippen LogP contribution in [-0.2, 0) is 0 Å². The first-order valence-electron chi connectivity index (χ1n) is 3.28. The summed E-state index contributed by atoms with van der Waals surface area (Å²) in [7, 11) is 1.58. The Hall–Kier alpha value is -1.14. The van der Waals surface area contributed by atoms with Crippen molar-refractivity contribution in [1.29, 1.82) is 0 Å². The Morgan fingerprint density at radius 1 is 1.58 bits per heavy atom. The molecule has 0 fully saturated rings. The summed E-state index contributed by atoms with van der Waals surface area (Å²) >= 11 is 3.31. The number of methoxy groups -OCH3 is 1. The van der Waals surface area contributed by atoms with Crippen LogP contribution in [0.5, 0.6) is 5.75 Å². The standard InChI is InChI=1S/C9H8BrNO/c1-3-6-4-7(10)9(12-2)5-8(6)11/h1,4-5H,11H2,2H3. The molecule has 62 valence electrons. The van der Waals surface area contributed by atoms with E-state index in [4.69, 9.17) is 16.9 Å². The smallest absolute Gasteiger partial charge is 0.135 e. The molecule has 0 heterocycles. The largest absolute Gasteiger partial charge is 0.495 e. The van der Waals surface area contributed by atoms with Gasteiger partial charge in [0.05, 0.1) is 17.3 Å². The summed E-state index contributed by atoms with van der Waals surface area (Å²) in [5.41, 5.74) is 6.86. The third-order valence-electron chi connectivity index (χ3n) is 1.48. The highest BCUT2D eigenvalue weighted by molar-refractivity contribution is 9.10. The normalized spacial score (nSPS) is 9.08. The maximum Gasteiger partial charge on any atom is 0.135 e. The van der Waals surface area contributed by atoms with Gasteiger partial charge in [0.2, 0.25) is 0 Å². The first-order chi connectivity index (χ1) is 5.69. The molecular formula is C9H8BrNO. The lowest BCUT2D eigenvalue weighted by atomic mass is 10.2. The van der Waals surface area contributed by atoms with Crippen molar-refractivity contribution in [2.24, 2.45) is 0 Å². The molecule has 0 aromatic heterocycles. The second kappa shape index (κ2) is 3.51. The van der Waals surface area contributed by atoms with Crippen LogP contribution in [0.4, 0.5) is 5.69 Å². The second-order valence-corrected chi connectivity index (χ2v) is 3.07. The van der Waals surface area contributed by atoms with E-state index < -0.39 is 0 Å². The highest BCUT2D eigenvalue weighted by atomic mass is 79.9. The van der Waals surface area contributed by atoms with E-state index in [2.05, 4.69) is 21.9 Å². The first kappa shape index (κ1) is 8.95. The van der Waals surface area contributed by atoms with Crippen molar-refractivity contribution in [3.8, 4) is 18.1 Å². The fraction of sp³-hybridized carbons (Fsp3) is 0.111. The minimum atomic E-state index is 0.553. The number of nitrogen functional groups attached to an aromatic ring is 1. The summed E-state index contributed by atoms with van der Waals surface area (Å²) in [5, 5.41) is 0. The molecule has 0 amide bonds. The predicted octanol–water partition coefficient (Wildman–Crippen LogP) is 2.02. The van der Waals surface area contributed by atoms with Crippen LogP contribution < -0.4 is 10.5 Å². The van der Waals surface area contributed by atoms with Crippen LogP contribution >= 0.6 is 15.9 Å². The molecule has 0 unspecified atom stereocenters. The van der Waals surface area contributed by atoms with Crippen molar-refractivity contribution in [3.05, 3.63) is 22.2 Å². The van der Waals surface area contributed by atoms with Gasteiger partial charge in [-0.05, 0) is 22.0 Å². The van der Waals surface area contributed by atoms with Gasteiger partial charge >= 0.3 is 0 Å². The summed E-state index contributed by atoms with van der Waals surface area (Å²) in [4.78, 5) is 0. The Balaban J connectivity index is 3.28. The van der Waals surface area contributed by atoms with Gasteiger partial charge in [0.15, 0.2) is 0 Å². The van der Waals surface area contributed by atoms with Crippen LogP contribution in [0.25, 0.3) is 0 Å². The Bertz CT molecular complexity index is 340. The number of nitrogens with two attached hydrogens (primary N) is 1. The Kier molecular flexibility index (Phi) is 2.61. The van der Waals surface area contributed by atoms with E-state index in [9.17, 15) is 0 Å². The summed E-state index contributed by atoms with van der Waals surface area (Å²) in [6.07, 6.45) is 5.22. The van der Waals surface area contributed by atoms with Crippen LogP contribution in [0.2, 0.25) is 0 Å². The minimum absolute atomic E-state index is 0.553. The van der Waals surface area contributed by atoms with Gasteiger partial charge in [-0.3, -0.25) is 0 Å². The van der Waals surface area contributed by atoms with Crippen LogP contribution in [0.3, 0.4) is 0 Å². The topological polar surface area (TPSA) is 35.2 Å². The summed E-state index contributed by atoms with van der Waals surface area (Å²) < 4.78 is 5.84. The zero-order chi connectivity index (χ0) is 9.14. The number of terminal acetylenes is 1. The fourth-order valence-corrected chi connectivity index (χ4v) is 1.36. The van der Waals surface area contributed by atoms with Gasteiger partial charge in [0.1, 0.15) is 5.75 Å². The van der Waals surface area contributed by atoms with E-state index in [0.29, 0.717) is 17.0 Å². The molecule has 0 saturated heterocycles. The molecule has 2 N–H and O–H groups in total. The number of anilines is 1. The van der Waals surface area contributed by atoms with Crippen LogP contribution in [0, 0.1) is 12.3 Å². The van der Waals surface area contributed by atoms with E-state index in [-0.39, 0.29) is 0 Å². The Morgan fingerprint density at radius 3 is 2.75 bits per heavy atom. The molecule has 0 bridgehead atoms. The maximum absolute atomic E-state index is 5.63. The molecule has 1 aromatic rings. The van der Waals surface area contributed by atoms with E-state index in [1.54, 1.807) is 19.2 Å². The number of halogens is 1.